The molecule has 0 saturated carbocycles. The molecule has 1 aromatic carbocycles. The van der Waals surface area contributed by atoms with Crippen LogP contribution in [0.25, 0.3) is 17.0 Å². The molecule has 0 aliphatic rings. The first-order valence-corrected chi connectivity index (χ1v) is 10.9. The summed E-state index contributed by atoms with van der Waals surface area (Å²) in [5.41, 5.74) is 2.94. The number of hydrogen-bond acceptors (Lipinski definition) is 7. The molecule has 9 nitrogen and oxygen atoms in total. The number of amides is 1. The van der Waals surface area contributed by atoms with Crippen LogP contribution in [0.4, 0.5) is 10.8 Å². The molecule has 1 amide bonds. The van der Waals surface area contributed by atoms with E-state index < -0.39 is 0 Å². The second kappa shape index (κ2) is 11.0. The molecule has 32 heavy (non-hydrogen) atoms. The second-order valence-corrected chi connectivity index (χ2v) is 7.84. The highest BCUT2D eigenvalue weighted by atomic mass is 32.1. The average Bonchev–Trinajstić information content (AvgIpc) is 3.45. The van der Waals surface area contributed by atoms with E-state index in [0.717, 1.165) is 29.2 Å². The minimum absolute atomic E-state index is 0.119. The van der Waals surface area contributed by atoms with Crippen molar-refractivity contribution in [1.29, 1.82) is 0 Å². The van der Waals surface area contributed by atoms with Crippen molar-refractivity contribution in [2.24, 2.45) is 0 Å². The Hall–Kier alpha value is -3.79. The number of rotatable bonds is 7. The molecular weight excluding hydrogens is 428 g/mol. The summed E-state index contributed by atoms with van der Waals surface area (Å²) in [6, 6.07) is 11.6. The van der Waals surface area contributed by atoms with E-state index in [0.29, 0.717) is 17.0 Å². The molecule has 0 unspecified atom stereocenters. The van der Waals surface area contributed by atoms with Crippen LogP contribution in [-0.2, 0) is 4.79 Å². The fraction of sp³-hybridized carbons (Fsp3) is 0.227. The van der Waals surface area contributed by atoms with Crippen molar-refractivity contribution < 1.29 is 14.7 Å². The molecule has 0 aliphatic heterocycles. The van der Waals surface area contributed by atoms with Gasteiger partial charge in [-0.3, -0.25) is 14.0 Å². The summed E-state index contributed by atoms with van der Waals surface area (Å²) < 4.78 is 1.85. The lowest BCUT2D eigenvalue weighted by Gasteiger charge is -2.13. The Morgan fingerprint density at radius 1 is 1.25 bits per heavy atom. The van der Waals surface area contributed by atoms with Gasteiger partial charge in [-0.2, -0.15) is 0 Å². The molecule has 3 N–H and O–H groups in total. The molecule has 0 radical (unpaired) electrons. The fourth-order valence-electron chi connectivity index (χ4n) is 3.21. The zero-order valence-electron chi connectivity index (χ0n) is 17.7. The van der Waals surface area contributed by atoms with Gasteiger partial charge in [0, 0.05) is 35.1 Å². The van der Waals surface area contributed by atoms with Crippen LogP contribution in [-0.4, -0.2) is 43.1 Å². The third kappa shape index (κ3) is 5.46. The summed E-state index contributed by atoms with van der Waals surface area (Å²) >= 11 is 1.55. The summed E-state index contributed by atoms with van der Waals surface area (Å²) in [7, 11) is 0. The Morgan fingerprint density at radius 2 is 2.00 bits per heavy atom. The number of hydrogen-bond donors (Lipinski definition) is 3. The zero-order chi connectivity index (χ0) is 22.9. The number of aromatic nitrogens is 4. The Labute approximate surface area is 189 Å². The molecule has 0 saturated heterocycles. The monoisotopic (exact) mass is 452 g/mol. The second-order valence-electron chi connectivity index (χ2n) is 6.95. The van der Waals surface area contributed by atoms with Gasteiger partial charge in [-0.25, -0.2) is 4.98 Å². The number of pyridine rings is 1. The maximum Gasteiger partial charge on any atom is 0.290 e. The minimum Gasteiger partial charge on any atom is -0.483 e. The van der Waals surface area contributed by atoms with Crippen molar-refractivity contribution in [2.75, 3.05) is 5.32 Å². The molecule has 3 heterocycles. The van der Waals surface area contributed by atoms with E-state index >= 15 is 0 Å². The Balaban J connectivity index is 0.000000913. The van der Waals surface area contributed by atoms with Crippen LogP contribution in [0.1, 0.15) is 37.0 Å². The molecule has 3 aromatic heterocycles. The average molecular weight is 453 g/mol. The molecule has 0 spiro atoms. The fourth-order valence-corrected chi connectivity index (χ4v) is 3.76. The predicted molar refractivity (Wildman–Crippen MR) is 124 cm³/mol. The number of carboxylic acid groups (broad SMARTS) is 1. The first-order valence-electron chi connectivity index (χ1n) is 10.1. The van der Waals surface area contributed by atoms with Gasteiger partial charge in [0.2, 0.25) is 0 Å². The van der Waals surface area contributed by atoms with Gasteiger partial charge in [0.25, 0.3) is 12.4 Å². The molecular formula is C22H24N6O3S. The Bertz CT molecular complexity index is 1160. The molecule has 0 fully saturated rings. The minimum atomic E-state index is -0.250. The largest absolute Gasteiger partial charge is 0.483 e. The van der Waals surface area contributed by atoms with Gasteiger partial charge in [-0.15, -0.1) is 21.5 Å². The van der Waals surface area contributed by atoms with Crippen molar-refractivity contribution >= 4 is 40.2 Å². The van der Waals surface area contributed by atoms with Gasteiger partial charge >= 0.3 is 0 Å². The first kappa shape index (κ1) is 22.9. The van der Waals surface area contributed by atoms with E-state index in [9.17, 15) is 4.79 Å². The summed E-state index contributed by atoms with van der Waals surface area (Å²) in [4.78, 5) is 25.3. The van der Waals surface area contributed by atoms with E-state index in [-0.39, 0.29) is 18.4 Å². The van der Waals surface area contributed by atoms with E-state index in [1.165, 1.54) is 0 Å². The van der Waals surface area contributed by atoms with Crippen LogP contribution < -0.4 is 10.6 Å². The van der Waals surface area contributed by atoms with Crippen molar-refractivity contribution in [2.45, 2.75) is 32.7 Å². The Morgan fingerprint density at radius 3 is 2.66 bits per heavy atom. The molecule has 4 rings (SSSR count). The lowest BCUT2D eigenvalue weighted by atomic mass is 10.1. The van der Waals surface area contributed by atoms with Crippen LogP contribution in [0.2, 0.25) is 0 Å². The summed E-state index contributed by atoms with van der Waals surface area (Å²) in [5.74, 6) is 0.565. The van der Waals surface area contributed by atoms with E-state index in [4.69, 9.17) is 9.90 Å². The summed E-state index contributed by atoms with van der Waals surface area (Å²) in [6.07, 6.45) is 5.60. The van der Waals surface area contributed by atoms with E-state index in [1.54, 1.807) is 23.6 Å². The van der Waals surface area contributed by atoms with Crippen LogP contribution >= 0.6 is 11.3 Å². The predicted octanol–water partition coefficient (Wildman–Crippen LogP) is 4.22. The number of benzene rings is 1. The molecule has 4 aromatic rings. The summed E-state index contributed by atoms with van der Waals surface area (Å²) in [6.45, 7) is 3.87. The van der Waals surface area contributed by atoms with Gasteiger partial charge in [0.1, 0.15) is 0 Å². The van der Waals surface area contributed by atoms with Crippen molar-refractivity contribution in [3.05, 3.63) is 59.7 Å². The number of carbonyl (C=O) groups is 2. The quantitative estimate of drug-likeness (QED) is 0.359. The highest BCUT2D eigenvalue weighted by Crippen LogP contribution is 2.24. The van der Waals surface area contributed by atoms with Crippen LogP contribution in [0.15, 0.2) is 54.2 Å². The highest BCUT2D eigenvalue weighted by molar-refractivity contribution is 7.13. The highest BCUT2D eigenvalue weighted by Gasteiger charge is 2.17. The van der Waals surface area contributed by atoms with Gasteiger partial charge in [-0.1, -0.05) is 13.3 Å². The van der Waals surface area contributed by atoms with Crippen LogP contribution in [0.3, 0.4) is 0 Å². The molecule has 1 atom stereocenters. The number of carbonyl (C=O) groups excluding carboxylic acids is 1. The van der Waals surface area contributed by atoms with E-state index in [1.807, 2.05) is 53.2 Å². The number of fused-ring (bicyclic) bond motifs is 1. The standard InChI is InChI=1S/C21H22N6OS.CH2O2/c1-3-5-14(2)23-20(28)17-6-4-12-27-18(25-26-19(17)27)15-7-9-16(10-8-15)24-21-22-11-13-29-21;2-1-3/h4,6-14H,3,5H2,1-2H3,(H,22,24)(H,23,28);1H,(H,2,3)/t14-;/m1./s1. The van der Waals surface area contributed by atoms with Crippen molar-refractivity contribution in [3.8, 4) is 11.4 Å². The van der Waals surface area contributed by atoms with Crippen molar-refractivity contribution in [3.63, 3.8) is 0 Å². The molecule has 166 valence electrons. The van der Waals surface area contributed by atoms with Gasteiger partial charge in [0.15, 0.2) is 16.6 Å². The van der Waals surface area contributed by atoms with E-state index in [2.05, 4.69) is 32.7 Å². The lowest BCUT2D eigenvalue weighted by molar-refractivity contribution is -0.122. The summed E-state index contributed by atoms with van der Waals surface area (Å²) in [5, 5.41) is 24.6. The van der Waals surface area contributed by atoms with Gasteiger partial charge < -0.3 is 15.7 Å². The number of thiazole rings is 1. The normalized spacial score (nSPS) is 11.3. The molecule has 0 bridgehead atoms. The topological polar surface area (TPSA) is 122 Å². The third-order valence-electron chi connectivity index (χ3n) is 4.61. The number of nitrogens with zero attached hydrogens (tertiary/aromatic N) is 4. The maximum absolute atomic E-state index is 12.7. The smallest absolute Gasteiger partial charge is 0.290 e. The molecule has 0 aliphatic carbocycles. The maximum atomic E-state index is 12.7. The SMILES string of the molecule is CCC[C@@H](C)NC(=O)c1cccn2c(-c3ccc(Nc4nccs4)cc3)nnc12.O=CO. The van der Waals surface area contributed by atoms with Crippen molar-refractivity contribution in [1.82, 2.24) is 24.9 Å². The van der Waals surface area contributed by atoms with Crippen LogP contribution in [0.5, 0.6) is 0 Å². The van der Waals surface area contributed by atoms with Gasteiger partial charge in [-0.05, 0) is 49.7 Å². The first-order chi connectivity index (χ1) is 15.6. The Kier molecular flexibility index (Phi) is 7.87. The van der Waals surface area contributed by atoms with Crippen LogP contribution in [0, 0.1) is 0 Å². The third-order valence-corrected chi connectivity index (χ3v) is 5.29. The number of anilines is 2. The lowest BCUT2D eigenvalue weighted by Crippen LogP contribution is -2.32. The molecule has 10 heteroatoms. The zero-order valence-corrected chi connectivity index (χ0v) is 18.5. The number of nitrogens with one attached hydrogen (secondary N) is 2. The van der Waals surface area contributed by atoms with Gasteiger partial charge in [0.05, 0.1) is 5.56 Å².